The molecule has 2 N–H and O–H groups in total. The first-order chi connectivity index (χ1) is 14.3. The molecule has 144 valence electrons. The van der Waals surface area contributed by atoms with E-state index in [9.17, 15) is 0 Å². The van der Waals surface area contributed by atoms with E-state index in [1.54, 1.807) is 6.26 Å². The van der Waals surface area contributed by atoms with Crippen molar-refractivity contribution in [3.63, 3.8) is 0 Å². The van der Waals surface area contributed by atoms with E-state index in [4.69, 9.17) is 13.9 Å². The highest BCUT2D eigenvalue weighted by atomic mass is 16.7. The molecule has 0 amide bonds. The second-order valence-corrected chi connectivity index (χ2v) is 6.45. The minimum atomic E-state index is 0.241. The van der Waals surface area contributed by atoms with Crippen LogP contribution in [0.4, 0.5) is 17.5 Å². The molecule has 0 fully saturated rings. The number of nitrogens with zero attached hydrogens (tertiary/aromatic N) is 2. The first-order valence-electron chi connectivity index (χ1n) is 9.21. The van der Waals surface area contributed by atoms with Gasteiger partial charge in [-0.1, -0.05) is 30.3 Å². The number of fused-ring (bicyclic) bond motifs is 1. The number of ether oxygens (including phenoxy) is 2. The summed E-state index contributed by atoms with van der Waals surface area (Å²) in [7, 11) is 0. The number of hydrogen-bond acceptors (Lipinski definition) is 7. The van der Waals surface area contributed by atoms with Crippen molar-refractivity contribution in [2.24, 2.45) is 0 Å². The van der Waals surface area contributed by atoms with Crippen molar-refractivity contribution in [3.05, 3.63) is 78.8 Å². The number of furan rings is 1. The molecule has 0 saturated carbocycles. The van der Waals surface area contributed by atoms with E-state index in [-0.39, 0.29) is 6.79 Å². The highest BCUT2D eigenvalue weighted by molar-refractivity contribution is 5.68. The number of nitrogens with one attached hydrogen (secondary N) is 2. The van der Waals surface area contributed by atoms with Gasteiger partial charge in [0.25, 0.3) is 0 Å². The Morgan fingerprint density at radius 1 is 0.862 bits per heavy atom. The standard InChI is InChI=1S/C22H18N4O3/c1-2-5-15(6-3-1)18-12-21(24-16-8-9-19-20(11-16)29-14-28-19)26-22(25-18)23-13-17-7-4-10-27-17/h1-12H,13-14H2,(H2,23,24,25,26). The molecule has 3 heterocycles. The Morgan fingerprint density at radius 2 is 1.76 bits per heavy atom. The van der Waals surface area contributed by atoms with Crippen LogP contribution in [0, 0.1) is 0 Å². The maximum Gasteiger partial charge on any atom is 0.231 e. The van der Waals surface area contributed by atoms with Gasteiger partial charge in [0.05, 0.1) is 18.5 Å². The van der Waals surface area contributed by atoms with Crippen molar-refractivity contribution in [1.29, 1.82) is 0 Å². The fourth-order valence-corrected chi connectivity index (χ4v) is 3.05. The van der Waals surface area contributed by atoms with Crippen LogP contribution in [0.15, 0.2) is 77.4 Å². The van der Waals surface area contributed by atoms with Crippen LogP contribution in [0.2, 0.25) is 0 Å². The maximum atomic E-state index is 5.46. The summed E-state index contributed by atoms with van der Waals surface area (Å²) in [5.41, 5.74) is 2.67. The van der Waals surface area contributed by atoms with Crippen molar-refractivity contribution in [2.75, 3.05) is 17.4 Å². The largest absolute Gasteiger partial charge is 0.467 e. The Morgan fingerprint density at radius 3 is 2.62 bits per heavy atom. The zero-order valence-electron chi connectivity index (χ0n) is 15.5. The van der Waals surface area contributed by atoms with E-state index in [1.807, 2.05) is 66.7 Å². The molecule has 0 bridgehead atoms. The van der Waals surface area contributed by atoms with E-state index < -0.39 is 0 Å². The van der Waals surface area contributed by atoms with Gasteiger partial charge >= 0.3 is 0 Å². The lowest BCUT2D eigenvalue weighted by molar-refractivity contribution is 0.174. The number of benzene rings is 2. The van der Waals surface area contributed by atoms with Crippen LogP contribution in [0.3, 0.4) is 0 Å². The van der Waals surface area contributed by atoms with Gasteiger partial charge in [-0.15, -0.1) is 0 Å². The van der Waals surface area contributed by atoms with Gasteiger partial charge in [0.2, 0.25) is 12.7 Å². The number of aromatic nitrogens is 2. The third-order valence-corrected chi connectivity index (χ3v) is 4.44. The van der Waals surface area contributed by atoms with Gasteiger partial charge < -0.3 is 24.5 Å². The van der Waals surface area contributed by atoms with E-state index in [1.165, 1.54) is 0 Å². The molecule has 0 aliphatic carbocycles. The van der Waals surface area contributed by atoms with Gasteiger partial charge in [0.1, 0.15) is 11.6 Å². The topological polar surface area (TPSA) is 81.4 Å². The molecule has 29 heavy (non-hydrogen) atoms. The van der Waals surface area contributed by atoms with Gasteiger partial charge in [-0.05, 0) is 24.3 Å². The predicted octanol–water partition coefficient (Wildman–Crippen LogP) is 4.82. The average molecular weight is 386 g/mol. The molecule has 0 radical (unpaired) electrons. The molecule has 2 aromatic carbocycles. The molecule has 2 aromatic heterocycles. The minimum absolute atomic E-state index is 0.241. The summed E-state index contributed by atoms with van der Waals surface area (Å²) in [6.07, 6.45) is 1.64. The minimum Gasteiger partial charge on any atom is -0.467 e. The summed E-state index contributed by atoms with van der Waals surface area (Å²) >= 11 is 0. The normalized spacial score (nSPS) is 12.0. The number of hydrogen-bond donors (Lipinski definition) is 2. The van der Waals surface area contributed by atoms with Crippen LogP contribution >= 0.6 is 0 Å². The van der Waals surface area contributed by atoms with Gasteiger partial charge in [-0.3, -0.25) is 0 Å². The number of anilines is 3. The van der Waals surface area contributed by atoms with E-state index >= 15 is 0 Å². The highest BCUT2D eigenvalue weighted by Crippen LogP contribution is 2.35. The first-order valence-corrected chi connectivity index (χ1v) is 9.21. The molecule has 1 aliphatic rings. The Kier molecular flexibility index (Phi) is 4.46. The van der Waals surface area contributed by atoms with Crippen LogP contribution in [0.5, 0.6) is 11.5 Å². The second-order valence-electron chi connectivity index (χ2n) is 6.45. The van der Waals surface area contributed by atoms with Crippen molar-refractivity contribution in [2.45, 2.75) is 6.54 Å². The van der Waals surface area contributed by atoms with E-state index in [2.05, 4.69) is 20.6 Å². The predicted molar refractivity (Wildman–Crippen MR) is 109 cm³/mol. The lowest BCUT2D eigenvalue weighted by Crippen LogP contribution is -2.06. The molecular formula is C22H18N4O3. The lowest BCUT2D eigenvalue weighted by atomic mass is 10.1. The zero-order valence-corrected chi connectivity index (χ0v) is 15.5. The molecule has 5 rings (SSSR count). The summed E-state index contributed by atoms with van der Waals surface area (Å²) in [5, 5.41) is 6.55. The van der Waals surface area contributed by atoms with Gasteiger partial charge in [-0.2, -0.15) is 4.98 Å². The Balaban J connectivity index is 1.45. The summed E-state index contributed by atoms with van der Waals surface area (Å²) < 4.78 is 16.2. The fourth-order valence-electron chi connectivity index (χ4n) is 3.05. The molecule has 4 aromatic rings. The lowest BCUT2D eigenvalue weighted by Gasteiger charge is -2.11. The summed E-state index contributed by atoms with van der Waals surface area (Å²) in [6.45, 7) is 0.736. The van der Waals surface area contributed by atoms with Crippen LogP contribution in [0.25, 0.3) is 11.3 Å². The third kappa shape index (κ3) is 3.84. The van der Waals surface area contributed by atoms with Crippen LogP contribution in [-0.2, 0) is 6.54 Å². The van der Waals surface area contributed by atoms with Crippen LogP contribution in [-0.4, -0.2) is 16.8 Å². The van der Waals surface area contributed by atoms with Gasteiger partial charge in [0, 0.05) is 23.4 Å². The second kappa shape index (κ2) is 7.55. The highest BCUT2D eigenvalue weighted by Gasteiger charge is 2.14. The average Bonchev–Trinajstić information content (AvgIpc) is 3.44. The first kappa shape index (κ1) is 17.1. The fraction of sp³-hybridized carbons (Fsp3) is 0.0909. The smallest absolute Gasteiger partial charge is 0.231 e. The quantitative estimate of drug-likeness (QED) is 0.492. The van der Waals surface area contributed by atoms with Gasteiger partial charge in [-0.25, -0.2) is 4.98 Å². The molecular weight excluding hydrogens is 368 g/mol. The van der Waals surface area contributed by atoms with E-state index in [0.29, 0.717) is 24.1 Å². The van der Waals surface area contributed by atoms with Crippen LogP contribution < -0.4 is 20.1 Å². The SMILES string of the molecule is c1ccc(-c2cc(Nc3ccc4c(c3)OCO4)nc(NCc3ccco3)n2)cc1. The van der Waals surface area contributed by atoms with Crippen molar-refractivity contribution in [3.8, 4) is 22.8 Å². The molecule has 0 atom stereocenters. The maximum absolute atomic E-state index is 5.46. The Hall–Kier alpha value is -4.00. The Labute approximate surface area is 167 Å². The van der Waals surface area contributed by atoms with E-state index in [0.717, 1.165) is 28.5 Å². The van der Waals surface area contributed by atoms with Crippen molar-refractivity contribution in [1.82, 2.24) is 9.97 Å². The molecule has 7 nitrogen and oxygen atoms in total. The van der Waals surface area contributed by atoms with Crippen molar-refractivity contribution >= 4 is 17.5 Å². The van der Waals surface area contributed by atoms with Crippen molar-refractivity contribution < 1.29 is 13.9 Å². The molecule has 0 unspecified atom stereocenters. The van der Waals surface area contributed by atoms with Gasteiger partial charge in [0.15, 0.2) is 11.5 Å². The third-order valence-electron chi connectivity index (χ3n) is 4.44. The zero-order chi connectivity index (χ0) is 19.5. The molecule has 0 saturated heterocycles. The molecule has 1 aliphatic heterocycles. The summed E-state index contributed by atoms with van der Waals surface area (Å²) in [5.74, 6) is 3.43. The monoisotopic (exact) mass is 386 g/mol. The molecule has 7 heteroatoms. The number of rotatable bonds is 6. The Bertz CT molecular complexity index is 1110. The summed E-state index contributed by atoms with van der Waals surface area (Å²) in [4.78, 5) is 9.25. The summed E-state index contributed by atoms with van der Waals surface area (Å²) in [6, 6.07) is 21.3. The molecule has 0 spiro atoms. The van der Waals surface area contributed by atoms with Crippen LogP contribution in [0.1, 0.15) is 5.76 Å².